The number of fused-ring (bicyclic) bond motifs is 1. The van der Waals surface area contributed by atoms with E-state index in [1.165, 1.54) is 39.9 Å². The second-order valence-corrected chi connectivity index (χ2v) is 17.1. The molecule has 0 spiro atoms. The Morgan fingerprint density at radius 2 is 1.74 bits per heavy atom. The van der Waals surface area contributed by atoms with Crippen molar-refractivity contribution < 1.29 is 32.3 Å². The van der Waals surface area contributed by atoms with Crippen LogP contribution in [-0.2, 0) is 37.9 Å². The van der Waals surface area contributed by atoms with Crippen molar-refractivity contribution in [2.75, 3.05) is 48.6 Å². The van der Waals surface area contributed by atoms with Crippen molar-refractivity contribution in [1.82, 2.24) is 30.4 Å². The number of nitrogens with two attached hydrogens (primary N) is 2. The summed E-state index contributed by atoms with van der Waals surface area (Å²) >= 11 is 0. The lowest BCUT2D eigenvalue weighted by Crippen LogP contribution is -2.48. The standard InChI is InChI=1S/C38H46N10O7S3/c1-24-6-9-28(21-33(24)58(40,52)53)48(37-41-17-15-34(44-37)46(3)27-10-13-30-25(2)47(4)45-32(30)20-27)38(51)55-18-19-56-57-23-35(49)43-31(14-16-39)36(50)42-22-26-7-11-29(54-5)12-8-26/h6-13,15,17,20-21,31H,14,16,18-19,22-23,39H2,1-5H3,(H,42,50)(H,43,49)(H2,40,52,53)/t31-/m0/s1. The fraction of sp³-hybridized carbons (Fsp3) is 0.316. The Balaban J connectivity index is 1.21. The Bertz CT molecular complexity index is 2360. The molecule has 5 rings (SSSR count). The van der Waals surface area contributed by atoms with Crippen LogP contribution in [0.5, 0.6) is 5.75 Å². The molecule has 0 aliphatic heterocycles. The molecule has 0 unspecified atom stereocenters. The SMILES string of the molecule is COc1ccc(CNC(=O)[C@H](CCN)NC(=O)CSSCCOC(=O)N(c2ccc(C)c(S(N)(=O)=O)c2)c2nccc(N(C)c3ccc4c(C)n(C)nc4c3)n2)cc1. The first-order valence-corrected chi connectivity index (χ1v) is 22.0. The van der Waals surface area contributed by atoms with E-state index in [0.717, 1.165) is 32.7 Å². The molecule has 2 aromatic heterocycles. The lowest BCUT2D eigenvalue weighted by molar-refractivity contribution is -0.128. The summed E-state index contributed by atoms with van der Waals surface area (Å²) in [5.74, 6) is 0.665. The van der Waals surface area contributed by atoms with Crippen molar-refractivity contribution >= 4 is 83.6 Å². The summed E-state index contributed by atoms with van der Waals surface area (Å²) in [4.78, 5) is 51.0. The molecule has 3 amide bonds. The molecule has 3 aromatic carbocycles. The van der Waals surface area contributed by atoms with Gasteiger partial charge >= 0.3 is 6.09 Å². The van der Waals surface area contributed by atoms with E-state index >= 15 is 0 Å². The normalized spacial score (nSPS) is 11.8. The fourth-order valence-corrected chi connectivity index (χ4v) is 8.21. The summed E-state index contributed by atoms with van der Waals surface area (Å²) in [5.41, 5.74) is 9.69. The third kappa shape index (κ3) is 11.2. The Morgan fingerprint density at radius 3 is 2.45 bits per heavy atom. The smallest absolute Gasteiger partial charge is 0.421 e. The zero-order chi connectivity index (χ0) is 42.0. The molecule has 20 heteroatoms. The number of amides is 3. The molecular weight excluding hydrogens is 805 g/mol. The van der Waals surface area contributed by atoms with Gasteiger partial charge in [0.15, 0.2) is 0 Å². The second kappa shape index (κ2) is 19.8. The molecule has 5 aromatic rings. The molecule has 0 radical (unpaired) electrons. The van der Waals surface area contributed by atoms with Gasteiger partial charge in [-0.15, -0.1) is 0 Å². The van der Waals surface area contributed by atoms with Gasteiger partial charge in [-0.25, -0.2) is 28.2 Å². The van der Waals surface area contributed by atoms with Crippen LogP contribution >= 0.6 is 21.6 Å². The van der Waals surface area contributed by atoms with Crippen LogP contribution in [0.2, 0.25) is 0 Å². The highest BCUT2D eigenvalue weighted by atomic mass is 33.1. The summed E-state index contributed by atoms with van der Waals surface area (Å²) in [6.07, 6.45) is 0.864. The van der Waals surface area contributed by atoms with Gasteiger partial charge in [0, 0.05) is 49.4 Å². The highest BCUT2D eigenvalue weighted by Gasteiger charge is 2.26. The van der Waals surface area contributed by atoms with Crippen molar-refractivity contribution in [1.29, 1.82) is 0 Å². The average Bonchev–Trinajstić information content (AvgIpc) is 3.49. The maximum absolute atomic E-state index is 13.8. The van der Waals surface area contributed by atoms with Crippen LogP contribution in [0.3, 0.4) is 0 Å². The quantitative estimate of drug-likeness (QED) is 0.0716. The van der Waals surface area contributed by atoms with Crippen LogP contribution in [0.1, 0.15) is 23.2 Å². The monoisotopic (exact) mass is 850 g/mol. The number of primary sulfonamides is 1. The second-order valence-electron chi connectivity index (χ2n) is 13.0. The number of rotatable bonds is 18. The number of nitrogens with one attached hydrogen (secondary N) is 2. The predicted octanol–water partition coefficient (Wildman–Crippen LogP) is 4.21. The highest BCUT2D eigenvalue weighted by Crippen LogP contribution is 2.31. The Kier molecular flexibility index (Phi) is 14.9. The number of carbonyl (C=O) groups is 3. The number of aryl methyl sites for hydroxylation is 3. The van der Waals surface area contributed by atoms with E-state index in [2.05, 4.69) is 25.7 Å². The predicted molar refractivity (Wildman–Crippen MR) is 227 cm³/mol. The van der Waals surface area contributed by atoms with Crippen LogP contribution < -0.4 is 36.0 Å². The first-order valence-electron chi connectivity index (χ1n) is 17.9. The van der Waals surface area contributed by atoms with Gasteiger partial charge in [-0.3, -0.25) is 14.3 Å². The molecule has 1 atom stereocenters. The van der Waals surface area contributed by atoms with Crippen molar-refractivity contribution in [3.8, 4) is 5.75 Å². The van der Waals surface area contributed by atoms with Crippen molar-refractivity contribution in [2.45, 2.75) is 37.8 Å². The van der Waals surface area contributed by atoms with Gasteiger partial charge in [-0.1, -0.05) is 39.8 Å². The van der Waals surface area contributed by atoms with E-state index in [9.17, 15) is 22.8 Å². The van der Waals surface area contributed by atoms with Gasteiger partial charge < -0.3 is 30.7 Å². The number of hydrogen-bond donors (Lipinski definition) is 4. The maximum Gasteiger partial charge on any atom is 0.421 e. The van der Waals surface area contributed by atoms with Crippen LogP contribution in [0, 0.1) is 13.8 Å². The van der Waals surface area contributed by atoms with E-state index in [0.29, 0.717) is 22.9 Å². The van der Waals surface area contributed by atoms with Gasteiger partial charge in [0.1, 0.15) is 24.2 Å². The molecule has 0 aliphatic rings. The minimum atomic E-state index is -4.15. The highest BCUT2D eigenvalue weighted by molar-refractivity contribution is 8.76. The number of nitrogens with zero attached hydrogens (tertiary/aromatic N) is 6. The van der Waals surface area contributed by atoms with Gasteiger partial charge in [0.25, 0.3) is 0 Å². The first kappa shape index (κ1) is 43.7. The van der Waals surface area contributed by atoms with Gasteiger partial charge in [-0.05, 0) is 86.5 Å². The van der Waals surface area contributed by atoms with E-state index in [-0.39, 0.29) is 60.2 Å². The Hall–Kier alpha value is -5.41. The van der Waals surface area contributed by atoms with Crippen molar-refractivity contribution in [3.05, 3.63) is 89.7 Å². The molecule has 6 N–H and O–H groups in total. The molecule has 0 bridgehead atoms. The first-order chi connectivity index (χ1) is 27.7. The van der Waals surface area contributed by atoms with Crippen LogP contribution in [0.15, 0.2) is 77.8 Å². The molecule has 0 saturated carbocycles. The average molecular weight is 851 g/mol. The van der Waals surface area contributed by atoms with E-state index in [1.54, 1.807) is 47.9 Å². The number of benzene rings is 3. The molecule has 17 nitrogen and oxygen atoms in total. The summed E-state index contributed by atoms with van der Waals surface area (Å²) in [5, 5.41) is 16.6. The number of carbonyl (C=O) groups excluding carboxylic acids is 3. The Labute approximate surface area is 344 Å². The third-order valence-corrected chi connectivity index (χ3v) is 12.3. The number of sulfonamides is 1. The van der Waals surface area contributed by atoms with E-state index in [1.807, 2.05) is 51.4 Å². The maximum atomic E-state index is 13.8. The van der Waals surface area contributed by atoms with Crippen LogP contribution in [0.4, 0.5) is 27.9 Å². The zero-order valence-corrected chi connectivity index (χ0v) is 35.1. The molecule has 308 valence electrons. The Morgan fingerprint density at radius 1 is 1.00 bits per heavy atom. The minimum absolute atomic E-state index is 0.0261. The van der Waals surface area contributed by atoms with Crippen molar-refractivity contribution in [2.24, 2.45) is 17.9 Å². The zero-order valence-electron chi connectivity index (χ0n) is 32.7. The molecular formula is C38H46N10O7S3. The molecule has 0 aliphatic carbocycles. The third-order valence-electron chi connectivity index (χ3n) is 8.99. The summed E-state index contributed by atoms with van der Waals surface area (Å²) in [6.45, 7) is 3.97. The van der Waals surface area contributed by atoms with E-state index < -0.39 is 22.2 Å². The number of ether oxygens (including phenoxy) is 2. The summed E-state index contributed by atoms with van der Waals surface area (Å²) in [7, 11) is 3.62. The van der Waals surface area contributed by atoms with Gasteiger partial charge in [0.05, 0.1) is 29.0 Å². The van der Waals surface area contributed by atoms with E-state index in [4.69, 9.17) is 20.3 Å². The molecule has 0 saturated heterocycles. The molecule has 0 fully saturated rings. The summed E-state index contributed by atoms with van der Waals surface area (Å²) < 4.78 is 37.5. The van der Waals surface area contributed by atoms with Crippen LogP contribution in [0.25, 0.3) is 10.9 Å². The number of hydrogen-bond acceptors (Lipinski definition) is 14. The largest absolute Gasteiger partial charge is 0.497 e. The number of aromatic nitrogens is 4. The van der Waals surface area contributed by atoms with Crippen molar-refractivity contribution in [3.63, 3.8) is 0 Å². The lowest BCUT2D eigenvalue weighted by atomic mass is 10.1. The minimum Gasteiger partial charge on any atom is -0.497 e. The van der Waals surface area contributed by atoms with Crippen LogP contribution in [-0.4, -0.2) is 90.9 Å². The topological polar surface area (TPSA) is 230 Å². The number of methoxy groups -OCH3 is 1. The molecule has 58 heavy (non-hydrogen) atoms. The van der Waals surface area contributed by atoms with Gasteiger partial charge in [-0.2, -0.15) is 10.1 Å². The molecule has 2 heterocycles. The lowest BCUT2D eigenvalue weighted by Gasteiger charge is -2.23. The summed E-state index contributed by atoms with van der Waals surface area (Å²) in [6, 6.07) is 18.3. The fourth-order valence-electron chi connectivity index (χ4n) is 5.74. The van der Waals surface area contributed by atoms with Gasteiger partial charge in [0.2, 0.25) is 27.8 Å². The number of anilines is 4.